The van der Waals surface area contributed by atoms with E-state index >= 15 is 0 Å². The molecule has 0 radical (unpaired) electrons. The highest BCUT2D eigenvalue weighted by Gasteiger charge is 2.24. The molecular formula is C16H23N3O4. The van der Waals surface area contributed by atoms with Gasteiger partial charge in [0.2, 0.25) is 0 Å². The standard InChI is InChI=1S/C16H23N3O4/c17-10-13(12-6-2-1-3-7-12)18-16(20)11-23-15-9-5-4-8-14(15)19(21)22/h4-5,8-9,12-13H,1-3,6-7,10-11,17H2,(H,18,20). The second kappa shape index (κ2) is 8.47. The molecule has 0 spiro atoms. The fourth-order valence-corrected chi connectivity index (χ4v) is 3.03. The van der Waals surface area contributed by atoms with Crippen molar-refractivity contribution in [2.45, 2.75) is 38.1 Å². The zero-order valence-electron chi connectivity index (χ0n) is 13.1. The van der Waals surface area contributed by atoms with Gasteiger partial charge in [0.25, 0.3) is 5.91 Å². The molecule has 1 atom stereocenters. The lowest BCUT2D eigenvalue weighted by molar-refractivity contribution is -0.385. The highest BCUT2D eigenvalue weighted by molar-refractivity contribution is 5.78. The number of nitrogens with zero attached hydrogens (tertiary/aromatic N) is 1. The van der Waals surface area contributed by atoms with Crippen LogP contribution in [0.5, 0.6) is 5.75 Å². The Morgan fingerprint density at radius 3 is 2.70 bits per heavy atom. The summed E-state index contributed by atoms with van der Waals surface area (Å²) in [7, 11) is 0. The summed E-state index contributed by atoms with van der Waals surface area (Å²) in [5, 5.41) is 13.8. The number of nitrogens with two attached hydrogens (primary N) is 1. The van der Waals surface area contributed by atoms with Crippen LogP contribution in [0.25, 0.3) is 0 Å². The third-order valence-corrected chi connectivity index (χ3v) is 4.24. The van der Waals surface area contributed by atoms with E-state index in [1.807, 2.05) is 0 Å². The maximum atomic E-state index is 12.0. The van der Waals surface area contributed by atoms with Gasteiger partial charge in [0, 0.05) is 18.7 Å². The molecule has 0 heterocycles. The van der Waals surface area contributed by atoms with Gasteiger partial charge in [-0.2, -0.15) is 0 Å². The molecule has 1 amide bonds. The monoisotopic (exact) mass is 321 g/mol. The molecule has 23 heavy (non-hydrogen) atoms. The molecule has 0 saturated heterocycles. The molecular weight excluding hydrogens is 298 g/mol. The lowest BCUT2D eigenvalue weighted by Gasteiger charge is -2.30. The Morgan fingerprint density at radius 2 is 2.04 bits per heavy atom. The van der Waals surface area contributed by atoms with Gasteiger partial charge < -0.3 is 15.8 Å². The van der Waals surface area contributed by atoms with E-state index in [2.05, 4.69) is 5.32 Å². The van der Waals surface area contributed by atoms with Crippen LogP contribution in [0.3, 0.4) is 0 Å². The molecule has 1 fully saturated rings. The van der Waals surface area contributed by atoms with Crippen molar-refractivity contribution in [3.8, 4) is 5.75 Å². The summed E-state index contributed by atoms with van der Waals surface area (Å²) in [6.07, 6.45) is 5.73. The summed E-state index contributed by atoms with van der Waals surface area (Å²) >= 11 is 0. The number of nitro benzene ring substituents is 1. The summed E-state index contributed by atoms with van der Waals surface area (Å²) < 4.78 is 5.30. The average Bonchev–Trinajstić information content (AvgIpc) is 2.58. The summed E-state index contributed by atoms with van der Waals surface area (Å²) in [6.45, 7) is 0.135. The molecule has 0 bridgehead atoms. The maximum absolute atomic E-state index is 12.0. The minimum Gasteiger partial charge on any atom is -0.477 e. The van der Waals surface area contributed by atoms with E-state index in [1.54, 1.807) is 12.1 Å². The van der Waals surface area contributed by atoms with Crippen LogP contribution in [0.1, 0.15) is 32.1 Å². The smallest absolute Gasteiger partial charge is 0.310 e. The van der Waals surface area contributed by atoms with Gasteiger partial charge in [0.05, 0.1) is 4.92 Å². The van der Waals surface area contributed by atoms with Crippen LogP contribution in [0.15, 0.2) is 24.3 Å². The Morgan fingerprint density at radius 1 is 1.35 bits per heavy atom. The van der Waals surface area contributed by atoms with Crippen molar-refractivity contribution in [2.24, 2.45) is 11.7 Å². The molecule has 7 nitrogen and oxygen atoms in total. The second-order valence-corrected chi connectivity index (χ2v) is 5.82. The number of nitro groups is 1. The molecule has 0 aliphatic heterocycles. The van der Waals surface area contributed by atoms with Crippen LogP contribution in [-0.2, 0) is 4.79 Å². The molecule has 126 valence electrons. The van der Waals surface area contributed by atoms with Crippen molar-refractivity contribution in [3.05, 3.63) is 34.4 Å². The van der Waals surface area contributed by atoms with Crippen LogP contribution < -0.4 is 15.8 Å². The first-order valence-electron chi connectivity index (χ1n) is 7.97. The van der Waals surface area contributed by atoms with Gasteiger partial charge in [-0.25, -0.2) is 0 Å². The lowest BCUT2D eigenvalue weighted by atomic mass is 9.84. The molecule has 1 unspecified atom stereocenters. The summed E-state index contributed by atoms with van der Waals surface area (Å²) in [4.78, 5) is 22.4. The van der Waals surface area contributed by atoms with Gasteiger partial charge in [-0.3, -0.25) is 14.9 Å². The van der Waals surface area contributed by atoms with E-state index in [-0.39, 0.29) is 30.0 Å². The zero-order chi connectivity index (χ0) is 16.7. The van der Waals surface area contributed by atoms with Crippen molar-refractivity contribution in [3.63, 3.8) is 0 Å². The first kappa shape index (κ1) is 17.2. The molecule has 1 saturated carbocycles. The SMILES string of the molecule is NCC(NC(=O)COc1ccccc1[N+](=O)[O-])C1CCCCC1. The molecule has 1 aromatic rings. The van der Waals surface area contributed by atoms with Crippen molar-refractivity contribution in [1.82, 2.24) is 5.32 Å². The minimum absolute atomic E-state index is 0.0582. The molecule has 0 aromatic heterocycles. The van der Waals surface area contributed by atoms with Crippen molar-refractivity contribution < 1.29 is 14.5 Å². The first-order valence-corrected chi connectivity index (χ1v) is 7.97. The van der Waals surface area contributed by atoms with Gasteiger partial charge in [-0.1, -0.05) is 31.4 Å². The van der Waals surface area contributed by atoms with E-state index in [9.17, 15) is 14.9 Å². The average molecular weight is 321 g/mol. The van der Waals surface area contributed by atoms with E-state index in [0.717, 1.165) is 12.8 Å². The van der Waals surface area contributed by atoms with Gasteiger partial charge in [-0.15, -0.1) is 0 Å². The number of carbonyl (C=O) groups excluding carboxylic acids is 1. The molecule has 7 heteroatoms. The fourth-order valence-electron chi connectivity index (χ4n) is 3.03. The quantitative estimate of drug-likeness (QED) is 0.590. The number of para-hydroxylation sites is 2. The topological polar surface area (TPSA) is 107 Å². The number of hydrogen-bond acceptors (Lipinski definition) is 5. The predicted molar refractivity (Wildman–Crippen MR) is 86.2 cm³/mol. The molecule has 3 N–H and O–H groups in total. The van der Waals surface area contributed by atoms with E-state index < -0.39 is 4.92 Å². The number of carbonyl (C=O) groups is 1. The number of rotatable bonds is 7. The van der Waals surface area contributed by atoms with Gasteiger partial charge >= 0.3 is 5.69 Å². The second-order valence-electron chi connectivity index (χ2n) is 5.82. The van der Waals surface area contributed by atoms with Crippen molar-refractivity contribution >= 4 is 11.6 Å². The van der Waals surface area contributed by atoms with Crippen LogP contribution in [-0.4, -0.2) is 30.0 Å². The number of ether oxygens (including phenoxy) is 1. The van der Waals surface area contributed by atoms with E-state index in [0.29, 0.717) is 12.5 Å². The van der Waals surface area contributed by atoms with E-state index in [4.69, 9.17) is 10.5 Å². The predicted octanol–water partition coefficient (Wildman–Crippen LogP) is 2.00. The molecule has 1 aromatic carbocycles. The molecule has 2 rings (SSSR count). The third kappa shape index (κ3) is 4.92. The Hall–Kier alpha value is -2.15. The molecule has 1 aliphatic rings. The van der Waals surface area contributed by atoms with Crippen LogP contribution >= 0.6 is 0 Å². The van der Waals surface area contributed by atoms with Crippen molar-refractivity contribution in [2.75, 3.05) is 13.2 Å². The maximum Gasteiger partial charge on any atom is 0.310 e. The summed E-state index contributed by atoms with van der Waals surface area (Å²) in [6, 6.07) is 5.95. The minimum atomic E-state index is -0.530. The lowest BCUT2D eigenvalue weighted by Crippen LogP contribution is -2.47. The number of benzene rings is 1. The highest BCUT2D eigenvalue weighted by atomic mass is 16.6. The Labute approximate surface area is 135 Å². The third-order valence-electron chi connectivity index (χ3n) is 4.24. The Balaban J connectivity index is 1.88. The molecule has 1 aliphatic carbocycles. The summed E-state index contributed by atoms with van der Waals surface area (Å²) in [5.41, 5.74) is 5.63. The zero-order valence-corrected chi connectivity index (χ0v) is 13.1. The summed E-state index contributed by atoms with van der Waals surface area (Å²) in [5.74, 6) is 0.197. The van der Waals surface area contributed by atoms with Gasteiger partial charge in [0.1, 0.15) is 0 Å². The van der Waals surface area contributed by atoms with Gasteiger partial charge in [0.15, 0.2) is 12.4 Å². The highest BCUT2D eigenvalue weighted by Crippen LogP contribution is 2.27. The van der Waals surface area contributed by atoms with Crippen LogP contribution in [0.2, 0.25) is 0 Å². The fraction of sp³-hybridized carbons (Fsp3) is 0.562. The normalized spacial score (nSPS) is 16.6. The Bertz CT molecular complexity index is 544. The number of hydrogen-bond donors (Lipinski definition) is 2. The van der Waals surface area contributed by atoms with Gasteiger partial charge in [-0.05, 0) is 24.8 Å². The van der Waals surface area contributed by atoms with Crippen LogP contribution in [0, 0.1) is 16.0 Å². The number of amides is 1. The van der Waals surface area contributed by atoms with Crippen molar-refractivity contribution in [1.29, 1.82) is 0 Å². The van der Waals surface area contributed by atoms with E-state index in [1.165, 1.54) is 31.4 Å². The first-order chi connectivity index (χ1) is 11.1. The largest absolute Gasteiger partial charge is 0.477 e. The number of nitrogens with one attached hydrogen (secondary N) is 1. The van der Waals surface area contributed by atoms with Crippen LogP contribution in [0.4, 0.5) is 5.69 Å². The Kier molecular flexibility index (Phi) is 6.34.